The fourth-order valence-corrected chi connectivity index (χ4v) is 3.51. The van der Waals surface area contributed by atoms with Crippen LogP contribution in [0.15, 0.2) is 41.5 Å². The Morgan fingerprint density at radius 2 is 1.97 bits per heavy atom. The summed E-state index contributed by atoms with van der Waals surface area (Å²) in [6.45, 7) is 3.39. The van der Waals surface area contributed by atoms with Gasteiger partial charge in [-0.1, -0.05) is 23.7 Å². The van der Waals surface area contributed by atoms with Gasteiger partial charge in [-0.25, -0.2) is 22.8 Å². The minimum atomic E-state index is -3.23. The zero-order valence-electron chi connectivity index (χ0n) is 16.3. The van der Waals surface area contributed by atoms with Crippen LogP contribution < -0.4 is 10.6 Å². The van der Waals surface area contributed by atoms with Gasteiger partial charge >= 0.3 is 0 Å². The highest BCUT2D eigenvalue weighted by molar-refractivity contribution is 14.0. The SMILES string of the molecule is CCNC(=NCc1cc(F)ccc1CS(C)(=O)=O)NCCc1ccc(Cl)nc1.I. The van der Waals surface area contributed by atoms with Crippen molar-refractivity contribution < 1.29 is 12.8 Å². The average Bonchev–Trinajstić information content (AvgIpc) is 2.62. The second kappa shape index (κ2) is 12.3. The molecule has 2 N–H and O–H groups in total. The number of nitrogens with one attached hydrogen (secondary N) is 2. The molecule has 0 spiro atoms. The van der Waals surface area contributed by atoms with Gasteiger partial charge in [-0.2, -0.15) is 0 Å². The topological polar surface area (TPSA) is 83.5 Å². The van der Waals surface area contributed by atoms with Crippen molar-refractivity contribution >= 4 is 51.4 Å². The molecule has 0 atom stereocenters. The zero-order valence-corrected chi connectivity index (χ0v) is 20.2. The summed E-state index contributed by atoms with van der Waals surface area (Å²) in [6, 6.07) is 7.73. The number of rotatable bonds is 8. The minimum Gasteiger partial charge on any atom is -0.357 e. The molecule has 0 amide bonds. The molecule has 0 bridgehead atoms. The third-order valence-electron chi connectivity index (χ3n) is 3.83. The van der Waals surface area contributed by atoms with Crippen molar-refractivity contribution in [1.82, 2.24) is 15.6 Å². The second-order valence-corrected chi connectivity index (χ2v) is 8.87. The summed E-state index contributed by atoms with van der Waals surface area (Å²) in [4.78, 5) is 8.50. The highest BCUT2D eigenvalue weighted by Crippen LogP contribution is 2.15. The Labute approximate surface area is 193 Å². The summed E-state index contributed by atoms with van der Waals surface area (Å²) in [5.41, 5.74) is 2.13. The van der Waals surface area contributed by atoms with E-state index in [0.717, 1.165) is 18.2 Å². The van der Waals surface area contributed by atoms with E-state index < -0.39 is 15.7 Å². The molecule has 10 heteroatoms. The molecule has 0 unspecified atom stereocenters. The van der Waals surface area contributed by atoms with Crippen molar-refractivity contribution in [2.24, 2.45) is 4.99 Å². The van der Waals surface area contributed by atoms with Gasteiger partial charge in [0, 0.05) is 25.5 Å². The summed E-state index contributed by atoms with van der Waals surface area (Å²) < 4.78 is 36.8. The third kappa shape index (κ3) is 9.72. The molecule has 2 rings (SSSR count). The van der Waals surface area contributed by atoms with Gasteiger partial charge < -0.3 is 10.6 Å². The highest BCUT2D eigenvalue weighted by Gasteiger charge is 2.11. The minimum absolute atomic E-state index is 0. The first-order valence-corrected chi connectivity index (χ1v) is 11.3. The van der Waals surface area contributed by atoms with Crippen LogP contribution in [0.3, 0.4) is 0 Å². The number of nitrogens with zero attached hydrogens (tertiary/aromatic N) is 2. The zero-order chi connectivity index (χ0) is 20.6. The lowest BCUT2D eigenvalue weighted by Gasteiger charge is -2.12. The van der Waals surface area contributed by atoms with Crippen molar-refractivity contribution in [3.05, 3.63) is 64.2 Å². The van der Waals surface area contributed by atoms with Gasteiger partial charge in [-0.3, -0.25) is 0 Å². The molecule has 0 saturated heterocycles. The van der Waals surface area contributed by atoms with Crippen LogP contribution in [-0.4, -0.2) is 38.7 Å². The first-order valence-electron chi connectivity index (χ1n) is 8.84. The van der Waals surface area contributed by atoms with E-state index in [1.165, 1.54) is 18.2 Å². The Morgan fingerprint density at radius 1 is 1.21 bits per heavy atom. The monoisotopic (exact) mass is 554 g/mol. The quantitative estimate of drug-likeness (QED) is 0.226. The van der Waals surface area contributed by atoms with E-state index in [4.69, 9.17) is 11.6 Å². The lowest BCUT2D eigenvalue weighted by atomic mass is 10.1. The van der Waals surface area contributed by atoms with Crippen LogP contribution in [0.25, 0.3) is 0 Å². The number of hydrogen-bond donors (Lipinski definition) is 2. The van der Waals surface area contributed by atoms with Crippen molar-refractivity contribution in [3.8, 4) is 0 Å². The summed E-state index contributed by atoms with van der Waals surface area (Å²) >= 11 is 5.78. The van der Waals surface area contributed by atoms with E-state index >= 15 is 0 Å². The number of halogens is 3. The largest absolute Gasteiger partial charge is 0.357 e. The van der Waals surface area contributed by atoms with Crippen molar-refractivity contribution in [3.63, 3.8) is 0 Å². The summed E-state index contributed by atoms with van der Waals surface area (Å²) in [5.74, 6) is 0.000659. The van der Waals surface area contributed by atoms with Crippen molar-refractivity contribution in [2.75, 3.05) is 19.3 Å². The fourth-order valence-electron chi connectivity index (χ4n) is 2.55. The van der Waals surface area contributed by atoms with Gasteiger partial charge in [0.2, 0.25) is 0 Å². The van der Waals surface area contributed by atoms with Crippen LogP contribution in [0.4, 0.5) is 4.39 Å². The fraction of sp³-hybridized carbons (Fsp3) is 0.368. The molecule has 1 heterocycles. The van der Waals surface area contributed by atoms with Gasteiger partial charge in [0.05, 0.1) is 12.3 Å². The average molecular weight is 555 g/mol. The van der Waals surface area contributed by atoms with Crippen molar-refractivity contribution in [2.45, 2.75) is 25.6 Å². The molecule has 1 aromatic heterocycles. The van der Waals surface area contributed by atoms with E-state index in [2.05, 4.69) is 20.6 Å². The standard InChI is InChI=1S/C19H24ClFN4O2S.HI/c1-3-22-19(23-9-8-14-4-7-18(20)24-11-14)25-12-16-10-17(21)6-5-15(16)13-28(2,26)27;/h4-7,10-11H,3,8-9,12-13H2,1-2H3,(H2,22,23,25);1H. The van der Waals surface area contributed by atoms with Crippen LogP contribution in [0.5, 0.6) is 0 Å². The van der Waals surface area contributed by atoms with E-state index in [0.29, 0.717) is 35.3 Å². The summed E-state index contributed by atoms with van der Waals surface area (Å²) in [7, 11) is -3.23. The molecular formula is C19H25ClFIN4O2S. The highest BCUT2D eigenvalue weighted by atomic mass is 127. The first-order chi connectivity index (χ1) is 13.3. The number of pyridine rings is 1. The van der Waals surface area contributed by atoms with Crippen LogP contribution in [0, 0.1) is 5.82 Å². The van der Waals surface area contributed by atoms with Gasteiger partial charge in [0.1, 0.15) is 11.0 Å². The van der Waals surface area contributed by atoms with Gasteiger partial charge in [0.15, 0.2) is 15.8 Å². The normalized spacial score (nSPS) is 11.7. The first kappa shape index (κ1) is 25.6. The molecule has 2 aromatic rings. The molecule has 0 aliphatic carbocycles. The van der Waals surface area contributed by atoms with Gasteiger partial charge in [-0.15, -0.1) is 24.0 Å². The molecule has 0 aliphatic rings. The number of guanidine groups is 1. The number of aliphatic imine (C=N–C) groups is 1. The van der Waals surface area contributed by atoms with Crippen LogP contribution >= 0.6 is 35.6 Å². The Bertz CT molecular complexity index is 924. The van der Waals surface area contributed by atoms with Crippen molar-refractivity contribution in [1.29, 1.82) is 0 Å². The van der Waals surface area contributed by atoms with E-state index in [9.17, 15) is 12.8 Å². The molecule has 0 aliphatic heterocycles. The van der Waals surface area contributed by atoms with E-state index in [1.807, 2.05) is 13.0 Å². The summed E-state index contributed by atoms with van der Waals surface area (Å²) in [5, 5.41) is 6.77. The molecular weight excluding hydrogens is 530 g/mol. The smallest absolute Gasteiger partial charge is 0.191 e. The maximum absolute atomic E-state index is 13.6. The summed E-state index contributed by atoms with van der Waals surface area (Å²) in [6.07, 6.45) is 3.60. The number of benzene rings is 1. The Morgan fingerprint density at radius 3 is 2.59 bits per heavy atom. The predicted molar refractivity (Wildman–Crippen MR) is 126 cm³/mol. The van der Waals surface area contributed by atoms with Crippen LogP contribution in [0.1, 0.15) is 23.6 Å². The van der Waals surface area contributed by atoms with Gasteiger partial charge in [0.25, 0.3) is 0 Å². The molecule has 6 nitrogen and oxygen atoms in total. The lowest BCUT2D eigenvalue weighted by molar-refractivity contribution is 0.600. The lowest BCUT2D eigenvalue weighted by Crippen LogP contribution is -2.38. The Balaban J connectivity index is 0.00000420. The Hall–Kier alpha value is -1.46. The maximum Gasteiger partial charge on any atom is 0.191 e. The van der Waals surface area contributed by atoms with Crippen LogP contribution in [0.2, 0.25) is 5.15 Å². The molecule has 0 saturated carbocycles. The molecule has 1 aromatic carbocycles. The maximum atomic E-state index is 13.6. The molecule has 29 heavy (non-hydrogen) atoms. The van der Waals surface area contributed by atoms with E-state index in [-0.39, 0.29) is 36.3 Å². The van der Waals surface area contributed by atoms with E-state index in [1.54, 1.807) is 12.3 Å². The molecule has 160 valence electrons. The molecule has 0 radical (unpaired) electrons. The second-order valence-electron chi connectivity index (χ2n) is 6.34. The predicted octanol–water partition coefficient (Wildman–Crippen LogP) is 3.33. The Kier molecular flexibility index (Phi) is 10.8. The van der Waals surface area contributed by atoms with Gasteiger partial charge in [-0.05, 0) is 48.2 Å². The number of hydrogen-bond acceptors (Lipinski definition) is 4. The molecule has 0 fully saturated rings. The number of aromatic nitrogens is 1. The number of sulfone groups is 1. The van der Waals surface area contributed by atoms with Crippen LogP contribution in [-0.2, 0) is 28.6 Å². The third-order valence-corrected chi connectivity index (χ3v) is 4.89.